The highest BCUT2D eigenvalue weighted by Crippen LogP contribution is 2.34. The molecule has 2 aromatic rings. The molecule has 2 amide bonds. The predicted molar refractivity (Wildman–Crippen MR) is 299 cm³/mol. The average Bonchev–Trinajstić information content (AvgIpc) is 3.60. The van der Waals surface area contributed by atoms with Crippen molar-refractivity contribution in [3.8, 4) is 11.5 Å². The summed E-state index contributed by atoms with van der Waals surface area (Å²) in [6.45, 7) is 9.60. The molecule has 24 nitrogen and oxygen atoms in total. The predicted octanol–water partition coefficient (Wildman–Crippen LogP) is 4.06. The van der Waals surface area contributed by atoms with Crippen LogP contribution in [-0.2, 0) is 76.6 Å². The molecule has 4 N–H and O–H groups in total. The number of aliphatic imine (C=N–C) groups is 1. The van der Waals surface area contributed by atoms with Gasteiger partial charge in [0.2, 0.25) is 5.91 Å². The molecule has 0 fully saturated rings. The van der Waals surface area contributed by atoms with Gasteiger partial charge in [0, 0.05) is 72.1 Å². The molecule has 0 saturated heterocycles. The molecule has 1 aliphatic carbocycles. The summed E-state index contributed by atoms with van der Waals surface area (Å²) in [6, 6.07) is 8.42. The number of ether oxygens (including phenoxy) is 13. The molecule has 2 aromatic carbocycles. The Balaban J connectivity index is 2.03. The van der Waals surface area contributed by atoms with E-state index in [1.165, 1.54) is 0 Å². The molecule has 0 spiro atoms. The van der Waals surface area contributed by atoms with Crippen LogP contribution < -0.4 is 20.1 Å². The molecule has 0 unspecified atom stereocenters. The van der Waals surface area contributed by atoms with Gasteiger partial charge < -0.3 is 77.3 Å². The van der Waals surface area contributed by atoms with E-state index in [1.807, 2.05) is 6.92 Å². The van der Waals surface area contributed by atoms with Crippen LogP contribution in [0.4, 0.5) is 0 Å². The Morgan fingerprint density at radius 2 is 1.15 bits per heavy atom. The number of carboxylic acids is 1. The fourth-order valence-corrected chi connectivity index (χ4v) is 8.02. The van der Waals surface area contributed by atoms with Crippen molar-refractivity contribution in [2.75, 3.05) is 160 Å². The number of aliphatic carboxylic acids is 1. The van der Waals surface area contributed by atoms with Gasteiger partial charge in [0.05, 0.1) is 123 Å². The summed E-state index contributed by atoms with van der Waals surface area (Å²) < 4.78 is 107. The number of nitrogens with zero attached hydrogens (tertiary/aromatic N) is 1. The number of benzene rings is 2. The highest BCUT2D eigenvalue weighted by molar-refractivity contribution is 7.85. The van der Waals surface area contributed by atoms with Crippen molar-refractivity contribution in [3.05, 3.63) is 87.7 Å². The van der Waals surface area contributed by atoms with Crippen molar-refractivity contribution in [2.45, 2.75) is 58.7 Å². The first-order valence-corrected chi connectivity index (χ1v) is 28.2. The molecular weight excluding hydrogens is 1080 g/mol. The highest BCUT2D eigenvalue weighted by atomic mass is 32.2. The SMILES string of the molecule is COCCOCC(COCCOC)OC1=CC(=C(\C(=O)Oc2c(C)cc(C(=O)NCCOCCOCCNC(=O)CCCC(=O)O)cc2C)c2cc(OC(COCCOC)COCCOC)ccc2C)/C(=N/CCCS(=O)(=O)O)C=C1. The van der Waals surface area contributed by atoms with Gasteiger partial charge in [-0.1, -0.05) is 6.07 Å². The zero-order valence-corrected chi connectivity index (χ0v) is 48.6. The minimum Gasteiger partial charge on any atom is -0.486 e. The molecule has 1 aliphatic rings. The Morgan fingerprint density at radius 1 is 0.617 bits per heavy atom. The molecule has 25 heteroatoms. The van der Waals surface area contributed by atoms with Gasteiger partial charge in [-0.05, 0) is 98.4 Å². The van der Waals surface area contributed by atoms with Crippen LogP contribution >= 0.6 is 0 Å². The smallest absolute Gasteiger partial charge is 0.344 e. The van der Waals surface area contributed by atoms with Crippen LogP contribution in [0.1, 0.15) is 58.3 Å². The third-order valence-electron chi connectivity index (χ3n) is 11.5. The van der Waals surface area contributed by atoms with Crippen LogP contribution in [0, 0.1) is 20.8 Å². The maximum absolute atomic E-state index is 15.3. The van der Waals surface area contributed by atoms with E-state index in [-0.39, 0.29) is 140 Å². The lowest BCUT2D eigenvalue weighted by Gasteiger charge is -2.24. The summed E-state index contributed by atoms with van der Waals surface area (Å²) in [6.07, 6.45) is 3.91. The number of hydrogen-bond acceptors (Lipinski definition) is 20. The quantitative estimate of drug-likeness (QED) is 0.0239. The third-order valence-corrected chi connectivity index (χ3v) is 12.3. The van der Waals surface area contributed by atoms with Crippen molar-refractivity contribution < 1.29 is 98.8 Å². The zero-order valence-electron chi connectivity index (χ0n) is 47.8. The molecule has 0 heterocycles. The number of nitrogens with one attached hydrogen (secondary N) is 2. The van der Waals surface area contributed by atoms with Crippen LogP contribution in [0.5, 0.6) is 11.5 Å². The van der Waals surface area contributed by atoms with Crippen molar-refractivity contribution >= 4 is 45.2 Å². The van der Waals surface area contributed by atoms with E-state index in [0.717, 1.165) is 0 Å². The van der Waals surface area contributed by atoms with E-state index in [9.17, 15) is 27.4 Å². The maximum Gasteiger partial charge on any atom is 0.344 e. The fourth-order valence-electron chi connectivity index (χ4n) is 7.53. The van der Waals surface area contributed by atoms with Gasteiger partial charge in [-0.25, -0.2) is 4.79 Å². The summed E-state index contributed by atoms with van der Waals surface area (Å²) in [7, 11) is 1.95. The fraction of sp³-hybridized carbons (Fsp3) is 0.589. The van der Waals surface area contributed by atoms with Gasteiger partial charge in [-0.15, -0.1) is 0 Å². The normalized spacial score (nSPS) is 13.7. The second kappa shape index (κ2) is 40.5. The van der Waals surface area contributed by atoms with E-state index in [4.69, 9.17) is 71.7 Å². The monoisotopic (exact) mass is 1170 g/mol. The van der Waals surface area contributed by atoms with E-state index in [2.05, 4.69) is 10.6 Å². The Kier molecular flexibility index (Phi) is 34.8. The van der Waals surface area contributed by atoms with E-state index >= 15 is 4.79 Å². The summed E-state index contributed by atoms with van der Waals surface area (Å²) in [5.74, 6) is -2.15. The highest BCUT2D eigenvalue weighted by Gasteiger charge is 2.28. The Labute approximate surface area is 475 Å². The number of esters is 1. The van der Waals surface area contributed by atoms with E-state index in [1.54, 1.807) is 90.8 Å². The van der Waals surface area contributed by atoms with Crippen molar-refractivity contribution in [1.82, 2.24) is 10.6 Å². The molecule has 0 aromatic heterocycles. The lowest BCUT2D eigenvalue weighted by atomic mass is 9.90. The van der Waals surface area contributed by atoms with Crippen LogP contribution in [0.15, 0.2) is 64.9 Å². The molecule has 0 atom stereocenters. The Morgan fingerprint density at radius 3 is 1.68 bits per heavy atom. The number of hydrogen-bond donors (Lipinski definition) is 4. The maximum atomic E-state index is 15.3. The zero-order chi connectivity index (χ0) is 59.3. The molecule has 3 rings (SSSR count). The second-order valence-electron chi connectivity index (χ2n) is 18.2. The molecule has 81 heavy (non-hydrogen) atoms. The summed E-state index contributed by atoms with van der Waals surface area (Å²) in [5, 5.41) is 14.2. The van der Waals surface area contributed by atoms with Gasteiger partial charge in [-0.2, -0.15) is 8.42 Å². The third kappa shape index (κ3) is 29.2. The summed E-state index contributed by atoms with van der Waals surface area (Å²) in [4.78, 5) is 55.9. The molecular formula is C56H83N3O21S. The van der Waals surface area contributed by atoms with Crippen LogP contribution in [-0.4, -0.2) is 219 Å². The van der Waals surface area contributed by atoms with Gasteiger partial charge in [0.1, 0.15) is 29.5 Å². The number of rotatable bonds is 45. The van der Waals surface area contributed by atoms with Gasteiger partial charge in [-0.3, -0.25) is 23.9 Å². The standard InChI is InChI=1S/C56H83N3O21S/c1-40-12-13-44(78-46(36-74-25-21-68-4)37-75-26-22-69-5)34-48(40)53(49-35-45(14-15-50(49)57-16-9-31-81(65,66)67)79-47(38-76-27-23-70-6)39-77-28-24-71-7)56(64)80-54-41(2)32-43(33-42(54)3)55(63)59-18-20-73-30-29-72-19-17-58-51(60)10-8-11-52(61)62/h12-15,32-35,46-47H,8-11,16-31,36-39H2,1-7H3,(H,58,60)(H,59,63)(H,61,62)(H,65,66,67)/b53-49+,57-50+. The van der Waals surface area contributed by atoms with E-state index < -0.39 is 45.9 Å². The minimum absolute atomic E-state index is 0.0214. The van der Waals surface area contributed by atoms with Crippen molar-refractivity contribution in [3.63, 3.8) is 0 Å². The largest absolute Gasteiger partial charge is 0.486 e. The average molecular weight is 1170 g/mol. The first-order valence-electron chi connectivity index (χ1n) is 26.6. The number of allylic oxidation sites excluding steroid dienone is 4. The van der Waals surface area contributed by atoms with Gasteiger partial charge in [0.25, 0.3) is 16.0 Å². The van der Waals surface area contributed by atoms with Gasteiger partial charge >= 0.3 is 11.9 Å². The van der Waals surface area contributed by atoms with Crippen LogP contribution in [0.3, 0.4) is 0 Å². The lowest BCUT2D eigenvalue weighted by Crippen LogP contribution is -2.30. The molecule has 0 saturated carbocycles. The van der Waals surface area contributed by atoms with Crippen LogP contribution in [0.25, 0.3) is 5.57 Å². The van der Waals surface area contributed by atoms with Gasteiger partial charge in [0.15, 0.2) is 0 Å². The second-order valence-corrected chi connectivity index (χ2v) is 19.8. The summed E-state index contributed by atoms with van der Waals surface area (Å²) in [5.41, 5.74) is 2.76. The molecule has 0 radical (unpaired) electrons. The number of amides is 2. The van der Waals surface area contributed by atoms with E-state index in [0.29, 0.717) is 79.0 Å². The molecule has 0 bridgehead atoms. The Bertz CT molecular complexity index is 2430. The van der Waals surface area contributed by atoms with Crippen molar-refractivity contribution in [2.24, 2.45) is 4.99 Å². The number of carboxylic acid groups (broad SMARTS) is 1. The minimum atomic E-state index is -4.31. The van der Waals surface area contributed by atoms with Crippen LogP contribution in [0.2, 0.25) is 0 Å². The number of aryl methyl sites for hydroxylation is 3. The number of carbonyl (C=O) groups excluding carboxylic acids is 3. The number of methoxy groups -OCH3 is 4. The first kappa shape index (κ1) is 69.6. The molecule has 0 aliphatic heterocycles. The first-order chi connectivity index (χ1) is 39.0. The lowest BCUT2D eigenvalue weighted by molar-refractivity contribution is -0.137. The Hall–Kier alpha value is -5.68. The topological polar surface area (TPSA) is 299 Å². The van der Waals surface area contributed by atoms with Crippen molar-refractivity contribution in [1.29, 1.82) is 0 Å². The number of carbonyl (C=O) groups is 4. The summed E-state index contributed by atoms with van der Waals surface area (Å²) >= 11 is 0. The molecule has 454 valence electrons.